The van der Waals surface area contributed by atoms with Gasteiger partial charge in [0, 0.05) is 25.0 Å². The first-order chi connectivity index (χ1) is 8.41. The van der Waals surface area contributed by atoms with Crippen molar-refractivity contribution in [2.45, 2.75) is 58.5 Å². The van der Waals surface area contributed by atoms with Gasteiger partial charge in [-0.2, -0.15) is 0 Å². The lowest BCUT2D eigenvalue weighted by Crippen LogP contribution is -2.48. The van der Waals surface area contributed by atoms with Crippen molar-refractivity contribution in [3.05, 3.63) is 0 Å². The molecular weight excluding hydrogens is 232 g/mol. The Morgan fingerprint density at radius 1 is 1.33 bits per heavy atom. The normalized spacial score (nSPS) is 16.4. The van der Waals surface area contributed by atoms with Gasteiger partial charge in [-0.05, 0) is 46.0 Å². The van der Waals surface area contributed by atoms with Crippen LogP contribution < -0.4 is 5.32 Å². The summed E-state index contributed by atoms with van der Waals surface area (Å²) in [6, 6.07) is 0.234. The Morgan fingerprint density at radius 3 is 2.39 bits per heavy atom. The van der Waals surface area contributed by atoms with Crippen LogP contribution in [0.15, 0.2) is 0 Å². The van der Waals surface area contributed by atoms with E-state index >= 15 is 0 Å². The molecule has 18 heavy (non-hydrogen) atoms. The van der Waals surface area contributed by atoms with E-state index in [4.69, 9.17) is 5.11 Å². The van der Waals surface area contributed by atoms with Gasteiger partial charge in [0.15, 0.2) is 0 Å². The van der Waals surface area contributed by atoms with Crippen LogP contribution in [-0.2, 0) is 4.79 Å². The predicted octanol–water partition coefficient (Wildman–Crippen LogP) is 2.07. The molecule has 1 unspecified atom stereocenters. The fourth-order valence-corrected chi connectivity index (χ4v) is 1.99. The zero-order chi connectivity index (χ0) is 13.7. The van der Waals surface area contributed by atoms with Gasteiger partial charge in [0.25, 0.3) is 0 Å². The number of carboxylic acid groups (broad SMARTS) is 1. The molecule has 2 N–H and O–H groups in total. The molecule has 5 nitrogen and oxygen atoms in total. The number of nitrogens with zero attached hydrogens (tertiary/aromatic N) is 1. The SMILES string of the molecule is CC(NC(=O)N(CCCC(=O)O)C(C)C)C1CC1. The van der Waals surface area contributed by atoms with E-state index in [9.17, 15) is 9.59 Å². The third-order valence-corrected chi connectivity index (χ3v) is 3.35. The minimum Gasteiger partial charge on any atom is -0.481 e. The number of carbonyl (C=O) groups is 2. The van der Waals surface area contributed by atoms with Crippen LogP contribution in [0.3, 0.4) is 0 Å². The van der Waals surface area contributed by atoms with E-state index in [-0.39, 0.29) is 24.5 Å². The summed E-state index contributed by atoms with van der Waals surface area (Å²) in [4.78, 5) is 24.3. The molecule has 1 saturated carbocycles. The molecule has 0 heterocycles. The van der Waals surface area contributed by atoms with Crippen LogP contribution >= 0.6 is 0 Å². The molecule has 1 rings (SSSR count). The van der Waals surface area contributed by atoms with Crippen molar-refractivity contribution >= 4 is 12.0 Å². The quantitative estimate of drug-likeness (QED) is 0.732. The minimum absolute atomic E-state index is 0.0743. The van der Waals surface area contributed by atoms with Crippen LogP contribution in [0.5, 0.6) is 0 Å². The third kappa shape index (κ3) is 4.94. The van der Waals surface area contributed by atoms with Crippen LogP contribution in [-0.4, -0.2) is 40.6 Å². The van der Waals surface area contributed by atoms with Crippen LogP contribution in [0.4, 0.5) is 4.79 Å². The molecule has 0 spiro atoms. The number of carboxylic acids is 1. The summed E-state index contributed by atoms with van der Waals surface area (Å²) in [7, 11) is 0. The van der Waals surface area contributed by atoms with E-state index in [1.54, 1.807) is 4.90 Å². The minimum atomic E-state index is -0.814. The highest BCUT2D eigenvalue weighted by atomic mass is 16.4. The van der Waals surface area contributed by atoms with Gasteiger partial charge in [0.1, 0.15) is 0 Å². The largest absolute Gasteiger partial charge is 0.481 e. The summed E-state index contributed by atoms with van der Waals surface area (Å²) in [5.41, 5.74) is 0. The first kappa shape index (κ1) is 14.8. The molecule has 2 amide bonds. The molecule has 0 aromatic carbocycles. The van der Waals surface area contributed by atoms with Gasteiger partial charge >= 0.3 is 12.0 Å². The predicted molar refractivity (Wildman–Crippen MR) is 69.4 cm³/mol. The van der Waals surface area contributed by atoms with Gasteiger partial charge in [0.05, 0.1) is 0 Å². The van der Waals surface area contributed by atoms with E-state index in [1.165, 1.54) is 12.8 Å². The molecule has 0 saturated heterocycles. The van der Waals surface area contributed by atoms with Crippen LogP contribution in [0.25, 0.3) is 0 Å². The van der Waals surface area contributed by atoms with Crippen molar-refractivity contribution in [1.82, 2.24) is 10.2 Å². The number of nitrogens with one attached hydrogen (secondary N) is 1. The Balaban J connectivity index is 2.38. The summed E-state index contributed by atoms with van der Waals surface area (Å²) in [6.45, 7) is 6.42. The van der Waals surface area contributed by atoms with Crippen molar-refractivity contribution in [3.8, 4) is 0 Å². The van der Waals surface area contributed by atoms with Crippen LogP contribution in [0, 0.1) is 5.92 Å². The maximum absolute atomic E-state index is 12.1. The summed E-state index contributed by atoms with van der Waals surface area (Å²) in [5.74, 6) is -0.188. The lowest BCUT2D eigenvalue weighted by Gasteiger charge is -2.28. The second-order valence-corrected chi connectivity index (χ2v) is 5.36. The molecule has 5 heteroatoms. The Hall–Kier alpha value is -1.26. The number of carbonyl (C=O) groups excluding carboxylic acids is 1. The average Bonchev–Trinajstić information content (AvgIpc) is 3.06. The molecule has 0 aromatic heterocycles. The Labute approximate surface area is 109 Å². The molecule has 0 bridgehead atoms. The Morgan fingerprint density at radius 2 is 1.94 bits per heavy atom. The Bertz CT molecular complexity index is 301. The fraction of sp³-hybridized carbons (Fsp3) is 0.846. The molecule has 0 aromatic rings. The highest BCUT2D eigenvalue weighted by Gasteiger charge is 2.30. The highest BCUT2D eigenvalue weighted by molar-refractivity contribution is 5.75. The number of aliphatic carboxylic acids is 1. The van der Waals surface area contributed by atoms with E-state index in [1.807, 2.05) is 20.8 Å². The summed E-state index contributed by atoms with van der Waals surface area (Å²) in [6.07, 6.45) is 3.00. The van der Waals surface area contributed by atoms with Crippen molar-refractivity contribution in [2.75, 3.05) is 6.54 Å². The number of urea groups is 1. The molecule has 104 valence electrons. The van der Waals surface area contributed by atoms with E-state index < -0.39 is 5.97 Å². The van der Waals surface area contributed by atoms with Gasteiger partial charge in [0.2, 0.25) is 0 Å². The van der Waals surface area contributed by atoms with Gasteiger partial charge in [-0.1, -0.05) is 0 Å². The smallest absolute Gasteiger partial charge is 0.317 e. The van der Waals surface area contributed by atoms with Gasteiger partial charge in [-0.3, -0.25) is 4.79 Å². The molecule has 1 atom stereocenters. The monoisotopic (exact) mass is 256 g/mol. The number of amides is 2. The van der Waals surface area contributed by atoms with Gasteiger partial charge in [-0.15, -0.1) is 0 Å². The third-order valence-electron chi connectivity index (χ3n) is 3.35. The summed E-state index contributed by atoms with van der Waals surface area (Å²) in [5, 5.41) is 11.6. The number of hydrogen-bond donors (Lipinski definition) is 2. The van der Waals surface area contributed by atoms with E-state index in [2.05, 4.69) is 5.32 Å². The van der Waals surface area contributed by atoms with Crippen molar-refractivity contribution in [1.29, 1.82) is 0 Å². The number of hydrogen-bond acceptors (Lipinski definition) is 2. The molecule has 0 aliphatic heterocycles. The average molecular weight is 256 g/mol. The first-order valence-electron chi connectivity index (χ1n) is 6.70. The number of rotatable bonds is 7. The van der Waals surface area contributed by atoms with Crippen molar-refractivity contribution < 1.29 is 14.7 Å². The molecule has 1 aliphatic carbocycles. The first-order valence-corrected chi connectivity index (χ1v) is 6.70. The fourth-order valence-electron chi connectivity index (χ4n) is 1.99. The Kier molecular flexibility index (Phi) is 5.44. The summed E-state index contributed by atoms with van der Waals surface area (Å²) >= 11 is 0. The molecule has 1 aliphatic rings. The van der Waals surface area contributed by atoms with Crippen molar-refractivity contribution in [3.63, 3.8) is 0 Å². The van der Waals surface area contributed by atoms with Crippen LogP contribution in [0.2, 0.25) is 0 Å². The van der Waals surface area contributed by atoms with Crippen LogP contribution in [0.1, 0.15) is 46.5 Å². The maximum Gasteiger partial charge on any atom is 0.317 e. The zero-order valence-electron chi connectivity index (χ0n) is 11.5. The van der Waals surface area contributed by atoms with E-state index in [0.29, 0.717) is 18.9 Å². The molecular formula is C13H24N2O3. The zero-order valence-corrected chi connectivity index (χ0v) is 11.5. The van der Waals surface area contributed by atoms with E-state index in [0.717, 1.165) is 0 Å². The maximum atomic E-state index is 12.1. The molecule has 0 radical (unpaired) electrons. The standard InChI is InChI=1S/C13H24N2O3/c1-9(2)15(8-4-5-12(16)17)13(18)14-10(3)11-6-7-11/h9-11H,4-8H2,1-3H3,(H,14,18)(H,16,17). The van der Waals surface area contributed by atoms with Gasteiger partial charge < -0.3 is 15.3 Å². The second-order valence-electron chi connectivity index (χ2n) is 5.36. The van der Waals surface area contributed by atoms with Crippen molar-refractivity contribution in [2.24, 2.45) is 5.92 Å². The topological polar surface area (TPSA) is 69.6 Å². The van der Waals surface area contributed by atoms with Gasteiger partial charge in [-0.25, -0.2) is 4.79 Å². The lowest BCUT2D eigenvalue weighted by atomic mass is 10.2. The summed E-state index contributed by atoms with van der Waals surface area (Å²) < 4.78 is 0. The molecule has 1 fully saturated rings. The second kappa shape index (κ2) is 6.61. The highest BCUT2D eigenvalue weighted by Crippen LogP contribution is 2.32. The lowest BCUT2D eigenvalue weighted by molar-refractivity contribution is -0.137.